The molecule has 1 spiro atoms. The van der Waals surface area contributed by atoms with Crippen LogP contribution in [0, 0.1) is 5.92 Å². The van der Waals surface area contributed by atoms with E-state index < -0.39 is 0 Å². The quantitative estimate of drug-likeness (QED) is 0.682. The summed E-state index contributed by atoms with van der Waals surface area (Å²) in [5.41, 5.74) is 0.634. The van der Waals surface area contributed by atoms with E-state index in [1.165, 1.54) is 51.6 Å². The van der Waals surface area contributed by atoms with Crippen LogP contribution in [0.3, 0.4) is 0 Å². The highest BCUT2D eigenvalue weighted by atomic mass is 15.3. The molecule has 1 N–H and O–H groups in total. The molecule has 2 nitrogen and oxygen atoms in total. The standard InChI is InChI=1S/C12H22N2/c1-13-11-8-12-5-2-3-10(7-12)4-6-14(12)9-11/h10-11,13H,2-9H2,1H3/t10?,11-,12-/m0/s1. The first-order chi connectivity index (χ1) is 6.82. The zero-order valence-electron chi connectivity index (χ0n) is 9.26. The van der Waals surface area contributed by atoms with Gasteiger partial charge in [-0.1, -0.05) is 12.8 Å². The number of likely N-dealkylation sites (N-methyl/N-ethyl adjacent to an activating group) is 1. The lowest BCUT2D eigenvalue weighted by molar-refractivity contribution is 0.0187. The van der Waals surface area contributed by atoms with Crippen molar-refractivity contribution in [1.29, 1.82) is 0 Å². The average molecular weight is 194 g/mol. The van der Waals surface area contributed by atoms with Crippen LogP contribution in [0.1, 0.15) is 38.5 Å². The molecule has 0 aromatic carbocycles. The molecule has 80 valence electrons. The van der Waals surface area contributed by atoms with Crippen molar-refractivity contribution in [2.45, 2.75) is 50.1 Å². The number of rotatable bonds is 1. The lowest BCUT2D eigenvalue weighted by Crippen LogP contribution is -2.51. The van der Waals surface area contributed by atoms with E-state index in [1.54, 1.807) is 0 Å². The molecular weight excluding hydrogens is 172 g/mol. The van der Waals surface area contributed by atoms with E-state index in [0.717, 1.165) is 12.0 Å². The van der Waals surface area contributed by atoms with Crippen LogP contribution in [0.5, 0.6) is 0 Å². The number of hydrogen-bond donors (Lipinski definition) is 1. The van der Waals surface area contributed by atoms with Crippen LogP contribution in [-0.2, 0) is 0 Å². The van der Waals surface area contributed by atoms with E-state index in [2.05, 4.69) is 17.3 Å². The van der Waals surface area contributed by atoms with E-state index in [1.807, 2.05) is 0 Å². The predicted octanol–water partition coefficient (Wildman–Crippen LogP) is 1.61. The first kappa shape index (κ1) is 9.17. The van der Waals surface area contributed by atoms with Crippen molar-refractivity contribution >= 4 is 0 Å². The number of nitrogens with zero attached hydrogens (tertiary/aromatic N) is 1. The van der Waals surface area contributed by atoms with E-state index in [-0.39, 0.29) is 0 Å². The van der Waals surface area contributed by atoms with Gasteiger partial charge >= 0.3 is 0 Å². The van der Waals surface area contributed by atoms with Gasteiger partial charge in [-0.25, -0.2) is 0 Å². The molecular formula is C12H22N2. The maximum absolute atomic E-state index is 3.48. The third-order valence-electron chi connectivity index (χ3n) is 4.88. The molecule has 2 bridgehead atoms. The molecule has 3 fully saturated rings. The van der Waals surface area contributed by atoms with Crippen LogP contribution in [0.25, 0.3) is 0 Å². The Morgan fingerprint density at radius 2 is 2.21 bits per heavy atom. The van der Waals surface area contributed by atoms with Gasteiger partial charge in [-0.2, -0.15) is 0 Å². The van der Waals surface area contributed by atoms with Crippen LogP contribution in [0.4, 0.5) is 0 Å². The van der Waals surface area contributed by atoms with Crippen molar-refractivity contribution in [3.63, 3.8) is 0 Å². The van der Waals surface area contributed by atoms with Gasteiger partial charge < -0.3 is 5.32 Å². The molecule has 1 unspecified atom stereocenters. The minimum absolute atomic E-state index is 0.634. The fourth-order valence-electron chi connectivity index (χ4n) is 4.15. The normalized spacial score (nSPS) is 47.8. The molecule has 2 aliphatic heterocycles. The monoisotopic (exact) mass is 194 g/mol. The summed E-state index contributed by atoms with van der Waals surface area (Å²) in [4.78, 5) is 2.80. The summed E-state index contributed by atoms with van der Waals surface area (Å²) in [5, 5.41) is 3.48. The van der Waals surface area contributed by atoms with E-state index in [0.29, 0.717) is 5.54 Å². The van der Waals surface area contributed by atoms with Crippen LogP contribution < -0.4 is 5.32 Å². The largest absolute Gasteiger partial charge is 0.316 e. The fraction of sp³-hybridized carbons (Fsp3) is 1.00. The Balaban J connectivity index is 1.82. The van der Waals surface area contributed by atoms with Crippen LogP contribution in [-0.4, -0.2) is 36.6 Å². The molecule has 2 saturated heterocycles. The SMILES string of the molecule is CN[C@@H]1CN2CCC3CCC[C@]2(C3)C1. The first-order valence-electron chi connectivity index (χ1n) is 6.25. The molecule has 1 saturated carbocycles. The number of nitrogens with one attached hydrogen (secondary N) is 1. The molecule has 3 aliphatic rings. The zero-order valence-corrected chi connectivity index (χ0v) is 9.26. The van der Waals surface area contributed by atoms with Crippen molar-refractivity contribution in [2.24, 2.45) is 5.92 Å². The Kier molecular flexibility index (Phi) is 2.10. The zero-order chi connectivity index (χ0) is 9.60. The van der Waals surface area contributed by atoms with Crippen LogP contribution in [0.15, 0.2) is 0 Å². The summed E-state index contributed by atoms with van der Waals surface area (Å²) < 4.78 is 0. The fourth-order valence-corrected chi connectivity index (χ4v) is 4.15. The average Bonchev–Trinajstić information content (AvgIpc) is 2.54. The second kappa shape index (κ2) is 3.21. The van der Waals surface area contributed by atoms with Crippen molar-refractivity contribution in [3.05, 3.63) is 0 Å². The molecule has 0 radical (unpaired) electrons. The summed E-state index contributed by atoms with van der Waals surface area (Å²) in [7, 11) is 2.13. The highest BCUT2D eigenvalue weighted by molar-refractivity contribution is 5.06. The third kappa shape index (κ3) is 1.24. The highest BCUT2D eigenvalue weighted by Crippen LogP contribution is 2.48. The highest BCUT2D eigenvalue weighted by Gasteiger charge is 2.49. The molecule has 0 amide bonds. The summed E-state index contributed by atoms with van der Waals surface area (Å²) in [6, 6.07) is 0.770. The van der Waals surface area contributed by atoms with E-state index in [9.17, 15) is 0 Å². The molecule has 0 aromatic rings. The number of piperidine rings is 1. The van der Waals surface area contributed by atoms with Gasteiger partial charge in [0, 0.05) is 18.1 Å². The van der Waals surface area contributed by atoms with Gasteiger partial charge in [0.1, 0.15) is 0 Å². The predicted molar refractivity (Wildman–Crippen MR) is 58.3 cm³/mol. The Bertz CT molecular complexity index is 228. The maximum atomic E-state index is 3.48. The lowest BCUT2D eigenvalue weighted by atomic mass is 9.70. The minimum atomic E-state index is 0.634. The van der Waals surface area contributed by atoms with Gasteiger partial charge in [0.2, 0.25) is 0 Å². The van der Waals surface area contributed by atoms with Gasteiger partial charge in [0.25, 0.3) is 0 Å². The van der Waals surface area contributed by atoms with Crippen LogP contribution >= 0.6 is 0 Å². The molecule has 0 aromatic heterocycles. The molecule has 1 aliphatic carbocycles. The first-order valence-corrected chi connectivity index (χ1v) is 6.25. The Morgan fingerprint density at radius 3 is 3.07 bits per heavy atom. The second-order valence-electron chi connectivity index (χ2n) is 5.61. The van der Waals surface area contributed by atoms with Gasteiger partial charge in [-0.05, 0) is 45.2 Å². The van der Waals surface area contributed by atoms with Crippen molar-refractivity contribution in [2.75, 3.05) is 20.1 Å². The number of fused-ring (bicyclic) bond motifs is 1. The summed E-state index contributed by atoms with van der Waals surface area (Å²) in [5.74, 6) is 1.07. The van der Waals surface area contributed by atoms with Gasteiger partial charge in [0.05, 0.1) is 0 Å². The summed E-state index contributed by atoms with van der Waals surface area (Å²) in [6.45, 7) is 2.69. The Labute approximate surface area is 87.0 Å². The Hall–Kier alpha value is -0.0800. The van der Waals surface area contributed by atoms with Crippen LogP contribution in [0.2, 0.25) is 0 Å². The van der Waals surface area contributed by atoms with Gasteiger partial charge in [0.15, 0.2) is 0 Å². The summed E-state index contributed by atoms with van der Waals surface area (Å²) in [6.07, 6.45) is 8.86. The van der Waals surface area contributed by atoms with Crippen molar-refractivity contribution in [1.82, 2.24) is 10.2 Å². The van der Waals surface area contributed by atoms with Gasteiger partial charge in [-0.3, -0.25) is 4.90 Å². The molecule has 3 atom stereocenters. The van der Waals surface area contributed by atoms with Gasteiger partial charge in [-0.15, -0.1) is 0 Å². The molecule has 3 rings (SSSR count). The van der Waals surface area contributed by atoms with Crippen molar-refractivity contribution in [3.8, 4) is 0 Å². The van der Waals surface area contributed by atoms with Crippen molar-refractivity contribution < 1.29 is 0 Å². The Morgan fingerprint density at radius 1 is 1.29 bits per heavy atom. The third-order valence-corrected chi connectivity index (χ3v) is 4.88. The smallest absolute Gasteiger partial charge is 0.0228 e. The number of hydrogen-bond acceptors (Lipinski definition) is 2. The van der Waals surface area contributed by atoms with E-state index in [4.69, 9.17) is 0 Å². The summed E-state index contributed by atoms with van der Waals surface area (Å²) >= 11 is 0. The lowest BCUT2D eigenvalue weighted by Gasteiger charge is -2.49. The molecule has 2 heterocycles. The minimum Gasteiger partial charge on any atom is -0.316 e. The molecule has 14 heavy (non-hydrogen) atoms. The maximum Gasteiger partial charge on any atom is 0.0228 e. The second-order valence-corrected chi connectivity index (χ2v) is 5.61. The van der Waals surface area contributed by atoms with E-state index >= 15 is 0 Å². The molecule has 2 heteroatoms. The topological polar surface area (TPSA) is 15.3 Å².